The van der Waals surface area contributed by atoms with E-state index in [1.807, 2.05) is 5.66 Å². The van der Waals surface area contributed by atoms with Gasteiger partial charge in [-0.25, -0.2) is 0 Å². The summed E-state index contributed by atoms with van der Waals surface area (Å²) in [7, 11) is 2.23. The molecule has 1 fully saturated rings. The van der Waals surface area contributed by atoms with Gasteiger partial charge in [-0.3, -0.25) is 14.2 Å². The van der Waals surface area contributed by atoms with Crippen molar-refractivity contribution in [2.75, 3.05) is 13.3 Å². The molecule has 0 N–H and O–H groups in total. The largest absolute Gasteiger partial charge is 3.00 e. The van der Waals surface area contributed by atoms with Crippen LogP contribution >= 0.6 is 17.2 Å². The standard InChI is InChI=1S/C10H21P2.2CH3.Ti/c1-10(2)6-8(11-3)5-9(7-10)12-4;;;/h8,11-12H,5-7H2,1-4H3;2*1H3;/q3*-1;+3. The molecule has 3 atom stereocenters. The van der Waals surface area contributed by atoms with Crippen LogP contribution in [-0.4, -0.2) is 19.0 Å². The van der Waals surface area contributed by atoms with Crippen LogP contribution < -0.4 is 0 Å². The van der Waals surface area contributed by atoms with Crippen molar-refractivity contribution >= 4 is 17.2 Å². The van der Waals surface area contributed by atoms with Crippen molar-refractivity contribution in [1.29, 1.82) is 0 Å². The van der Waals surface area contributed by atoms with Gasteiger partial charge in [-0.1, -0.05) is 31.6 Å². The second-order valence-electron chi connectivity index (χ2n) is 4.59. The van der Waals surface area contributed by atoms with E-state index >= 15 is 0 Å². The van der Waals surface area contributed by atoms with Crippen molar-refractivity contribution in [2.24, 2.45) is 5.41 Å². The summed E-state index contributed by atoms with van der Waals surface area (Å²) in [5.41, 5.74) is 3.45. The second-order valence-corrected chi connectivity index (χ2v) is 7.19. The summed E-state index contributed by atoms with van der Waals surface area (Å²) in [6, 6.07) is 0. The van der Waals surface area contributed by atoms with E-state index in [9.17, 15) is 0 Å². The van der Waals surface area contributed by atoms with Gasteiger partial charge >= 0.3 is 21.7 Å². The first kappa shape index (κ1) is 21.8. The van der Waals surface area contributed by atoms with Gasteiger partial charge in [-0.2, -0.15) is 12.8 Å². The minimum atomic E-state index is 0. The molecule has 0 nitrogen and oxygen atoms in total. The van der Waals surface area contributed by atoms with Crippen LogP contribution in [0.2, 0.25) is 0 Å². The van der Waals surface area contributed by atoms with Gasteiger partial charge in [0.2, 0.25) is 0 Å². The van der Waals surface area contributed by atoms with Crippen LogP contribution in [0.3, 0.4) is 0 Å². The Morgan fingerprint density at radius 2 is 1.73 bits per heavy atom. The minimum Gasteiger partial charge on any atom is -0.358 e. The van der Waals surface area contributed by atoms with Gasteiger partial charge in [-0.05, 0) is 13.1 Å². The predicted molar refractivity (Wildman–Crippen MR) is 76.0 cm³/mol. The topological polar surface area (TPSA) is 0 Å². The van der Waals surface area contributed by atoms with E-state index in [1.165, 1.54) is 19.3 Å². The fourth-order valence-electron chi connectivity index (χ4n) is 2.15. The van der Waals surface area contributed by atoms with Crippen molar-refractivity contribution in [3.63, 3.8) is 0 Å². The van der Waals surface area contributed by atoms with E-state index < -0.39 is 0 Å². The maximum atomic E-state index is 2.43. The summed E-state index contributed by atoms with van der Waals surface area (Å²) in [4.78, 5) is 0. The van der Waals surface area contributed by atoms with Gasteiger partial charge in [0, 0.05) is 0 Å². The smallest absolute Gasteiger partial charge is 0.358 e. The molecule has 0 spiro atoms. The first-order chi connectivity index (χ1) is 5.57. The molecule has 0 heterocycles. The zero-order chi connectivity index (χ0) is 9.19. The Kier molecular flexibility index (Phi) is 13.9. The average Bonchev–Trinajstić information content (AvgIpc) is 2.01. The number of hydrogen-bond acceptors (Lipinski definition) is 0. The van der Waals surface area contributed by atoms with Crippen molar-refractivity contribution in [2.45, 2.75) is 38.8 Å². The van der Waals surface area contributed by atoms with E-state index in [2.05, 4.69) is 27.2 Å². The van der Waals surface area contributed by atoms with Gasteiger partial charge in [0.05, 0.1) is 0 Å². The van der Waals surface area contributed by atoms with Crippen molar-refractivity contribution in [1.82, 2.24) is 0 Å². The SMILES string of the molecule is CP[C-]1CC(PC)CC(C)(C)C1.[CH3-].[CH3-].[Ti+3]. The van der Waals surface area contributed by atoms with Gasteiger partial charge < -0.3 is 14.9 Å². The first-order valence-electron chi connectivity index (χ1n) is 4.77. The molecule has 0 amide bonds. The summed E-state index contributed by atoms with van der Waals surface area (Å²) >= 11 is 0. The van der Waals surface area contributed by atoms with Crippen molar-refractivity contribution in [3.8, 4) is 0 Å². The summed E-state index contributed by atoms with van der Waals surface area (Å²) in [5, 5.41) is 0. The molecular formula is C12H27P2Ti. The molecule has 0 aromatic heterocycles. The van der Waals surface area contributed by atoms with E-state index in [4.69, 9.17) is 0 Å². The minimum absolute atomic E-state index is 0. The average molecular weight is 281 g/mol. The summed E-state index contributed by atoms with van der Waals surface area (Å²) in [6.45, 7) is 9.56. The molecule has 3 heteroatoms. The molecule has 1 radical (unpaired) electrons. The van der Waals surface area contributed by atoms with Crippen molar-refractivity contribution < 1.29 is 21.7 Å². The van der Waals surface area contributed by atoms with Gasteiger partial charge in [-0.15, -0.1) is 8.58 Å². The molecule has 0 saturated heterocycles. The molecule has 1 aliphatic carbocycles. The van der Waals surface area contributed by atoms with Crippen LogP contribution in [0.5, 0.6) is 0 Å². The van der Waals surface area contributed by atoms with E-state index in [0.29, 0.717) is 5.41 Å². The quantitative estimate of drug-likeness (QED) is 0.394. The van der Waals surface area contributed by atoms with Crippen LogP contribution in [0, 0.1) is 25.9 Å². The Hall–Kier alpha value is 1.57. The molecular weight excluding hydrogens is 254 g/mol. The van der Waals surface area contributed by atoms with Gasteiger partial charge in [0.1, 0.15) is 0 Å². The normalized spacial score (nSPS) is 26.0. The summed E-state index contributed by atoms with van der Waals surface area (Å²) < 4.78 is 0. The Balaban J connectivity index is -0.000000480. The molecule has 1 saturated carbocycles. The Bertz CT molecular complexity index is 135. The molecule has 0 bridgehead atoms. The third kappa shape index (κ3) is 7.49. The van der Waals surface area contributed by atoms with Crippen LogP contribution in [-0.2, 0) is 21.7 Å². The van der Waals surface area contributed by atoms with Crippen LogP contribution in [0.4, 0.5) is 0 Å². The van der Waals surface area contributed by atoms with Gasteiger partial charge in [0.15, 0.2) is 0 Å². The van der Waals surface area contributed by atoms with Crippen LogP contribution in [0.15, 0.2) is 0 Å². The maximum absolute atomic E-state index is 2.43. The first-order valence-corrected chi connectivity index (χ1v) is 7.85. The number of hydrogen-bond donors (Lipinski definition) is 0. The van der Waals surface area contributed by atoms with E-state index in [-0.39, 0.29) is 36.6 Å². The fourth-order valence-corrected chi connectivity index (χ4v) is 4.67. The Morgan fingerprint density at radius 1 is 1.20 bits per heavy atom. The van der Waals surface area contributed by atoms with Gasteiger partial charge in [0.25, 0.3) is 0 Å². The Labute approximate surface area is 117 Å². The zero-order valence-corrected chi connectivity index (χ0v) is 14.8. The fraction of sp³-hybridized carbons (Fsp3) is 0.750. The number of rotatable bonds is 2. The monoisotopic (exact) mass is 281 g/mol. The molecule has 0 aliphatic heterocycles. The molecule has 0 aromatic rings. The maximum Gasteiger partial charge on any atom is 3.00 e. The third-order valence-corrected chi connectivity index (χ3v) is 5.06. The Morgan fingerprint density at radius 3 is 2.13 bits per heavy atom. The third-order valence-electron chi connectivity index (χ3n) is 2.75. The van der Waals surface area contributed by atoms with E-state index in [0.717, 1.165) is 22.8 Å². The molecule has 89 valence electrons. The molecule has 0 aromatic carbocycles. The van der Waals surface area contributed by atoms with E-state index in [1.54, 1.807) is 0 Å². The molecule has 15 heavy (non-hydrogen) atoms. The predicted octanol–water partition coefficient (Wildman–Crippen LogP) is 4.61. The van der Waals surface area contributed by atoms with Crippen molar-refractivity contribution in [3.05, 3.63) is 20.5 Å². The summed E-state index contributed by atoms with van der Waals surface area (Å²) in [6.07, 6.45) is 4.28. The zero-order valence-electron chi connectivity index (χ0n) is 11.2. The molecule has 3 unspecified atom stereocenters. The second kappa shape index (κ2) is 9.59. The molecule has 1 rings (SSSR count). The molecule has 1 aliphatic rings. The summed E-state index contributed by atoms with van der Waals surface area (Å²) in [5.74, 6) is 0. The van der Waals surface area contributed by atoms with Crippen LogP contribution in [0.25, 0.3) is 0 Å². The van der Waals surface area contributed by atoms with Crippen LogP contribution in [0.1, 0.15) is 33.1 Å².